The maximum atomic E-state index is 11.9. The van der Waals surface area contributed by atoms with E-state index in [9.17, 15) is 14.7 Å². The first-order valence-corrected chi connectivity index (χ1v) is 8.24. The van der Waals surface area contributed by atoms with Gasteiger partial charge in [-0.15, -0.1) is 0 Å². The van der Waals surface area contributed by atoms with Gasteiger partial charge in [0.25, 0.3) is 5.91 Å². The van der Waals surface area contributed by atoms with E-state index in [0.717, 1.165) is 10.0 Å². The van der Waals surface area contributed by atoms with Crippen LogP contribution in [0, 0.1) is 0 Å². The number of hydrogen-bond acceptors (Lipinski definition) is 4. The van der Waals surface area contributed by atoms with Crippen LogP contribution in [0.4, 0.5) is 0 Å². The van der Waals surface area contributed by atoms with Gasteiger partial charge >= 0.3 is 5.97 Å². The summed E-state index contributed by atoms with van der Waals surface area (Å²) in [6.45, 7) is 1.37. The quantitative estimate of drug-likeness (QED) is 0.732. The number of ether oxygens (including phenoxy) is 1. The minimum Gasteiger partial charge on any atom is -0.507 e. The molecular weight excluding hydrogens is 398 g/mol. The maximum Gasteiger partial charge on any atom is 0.342 e. The summed E-state index contributed by atoms with van der Waals surface area (Å²) >= 11 is 9.11. The number of rotatable bonds is 5. The van der Waals surface area contributed by atoms with Gasteiger partial charge in [-0.05, 0) is 42.8 Å². The molecule has 24 heavy (non-hydrogen) atoms. The van der Waals surface area contributed by atoms with Crippen LogP contribution in [-0.4, -0.2) is 23.6 Å². The number of phenolic OH excluding ortho intramolecular Hbond substituents is 1. The Morgan fingerprint density at radius 2 is 1.92 bits per heavy atom. The Balaban J connectivity index is 1.89. The lowest BCUT2D eigenvalue weighted by Gasteiger charge is -2.14. The van der Waals surface area contributed by atoms with Crippen molar-refractivity contribution in [1.82, 2.24) is 5.32 Å². The van der Waals surface area contributed by atoms with Gasteiger partial charge in [0.15, 0.2) is 6.61 Å². The summed E-state index contributed by atoms with van der Waals surface area (Å²) < 4.78 is 5.85. The molecule has 2 aromatic rings. The van der Waals surface area contributed by atoms with E-state index in [1.54, 1.807) is 0 Å². The number of benzene rings is 2. The molecule has 0 saturated heterocycles. The normalized spacial score (nSPS) is 11.6. The SMILES string of the molecule is C[C@H](NC(=O)COC(=O)c1cc(Cl)ccc1O)c1ccc(Br)cc1. The molecule has 2 N–H and O–H groups in total. The summed E-state index contributed by atoms with van der Waals surface area (Å²) in [7, 11) is 0. The van der Waals surface area contributed by atoms with E-state index in [4.69, 9.17) is 16.3 Å². The fourth-order valence-electron chi connectivity index (χ4n) is 2.00. The fraction of sp³-hybridized carbons (Fsp3) is 0.176. The lowest BCUT2D eigenvalue weighted by atomic mass is 10.1. The van der Waals surface area contributed by atoms with Gasteiger partial charge in [0.05, 0.1) is 6.04 Å². The first-order valence-electron chi connectivity index (χ1n) is 7.07. The Labute approximate surface area is 152 Å². The topological polar surface area (TPSA) is 75.6 Å². The van der Waals surface area contributed by atoms with E-state index in [1.807, 2.05) is 31.2 Å². The molecule has 0 bridgehead atoms. The fourth-order valence-corrected chi connectivity index (χ4v) is 2.43. The largest absolute Gasteiger partial charge is 0.507 e. The molecule has 2 aromatic carbocycles. The predicted molar refractivity (Wildman–Crippen MR) is 94.1 cm³/mol. The minimum absolute atomic E-state index is 0.0868. The molecule has 0 aliphatic rings. The van der Waals surface area contributed by atoms with Crippen LogP contribution in [0.5, 0.6) is 5.75 Å². The third kappa shape index (κ3) is 4.97. The van der Waals surface area contributed by atoms with E-state index < -0.39 is 18.5 Å². The van der Waals surface area contributed by atoms with Gasteiger partial charge in [0.1, 0.15) is 11.3 Å². The molecule has 0 aliphatic carbocycles. The highest BCUT2D eigenvalue weighted by atomic mass is 79.9. The van der Waals surface area contributed by atoms with Crippen molar-refractivity contribution in [2.75, 3.05) is 6.61 Å². The predicted octanol–water partition coefficient (Wildman–Crippen LogP) is 3.84. The van der Waals surface area contributed by atoms with E-state index in [0.29, 0.717) is 0 Å². The zero-order chi connectivity index (χ0) is 17.7. The lowest BCUT2D eigenvalue weighted by Crippen LogP contribution is -2.31. The first kappa shape index (κ1) is 18.3. The van der Waals surface area contributed by atoms with Crippen LogP contribution in [0.2, 0.25) is 5.02 Å². The Bertz CT molecular complexity index is 749. The van der Waals surface area contributed by atoms with Crippen LogP contribution in [-0.2, 0) is 9.53 Å². The molecule has 0 saturated carbocycles. The van der Waals surface area contributed by atoms with Crippen LogP contribution in [0.1, 0.15) is 28.9 Å². The van der Waals surface area contributed by atoms with Gasteiger partial charge in [-0.1, -0.05) is 39.7 Å². The summed E-state index contributed by atoms with van der Waals surface area (Å²) in [4.78, 5) is 23.8. The molecule has 126 valence electrons. The van der Waals surface area contributed by atoms with Crippen LogP contribution in [0.15, 0.2) is 46.9 Å². The van der Waals surface area contributed by atoms with Gasteiger partial charge < -0.3 is 15.2 Å². The number of phenols is 1. The van der Waals surface area contributed by atoms with Crippen molar-refractivity contribution < 1.29 is 19.4 Å². The zero-order valence-corrected chi connectivity index (χ0v) is 15.1. The molecule has 0 aliphatic heterocycles. The van der Waals surface area contributed by atoms with Gasteiger partial charge in [-0.3, -0.25) is 4.79 Å². The summed E-state index contributed by atoms with van der Waals surface area (Å²) in [5.41, 5.74) is 0.835. The molecular formula is C17H15BrClNO4. The Hall–Kier alpha value is -2.05. The highest BCUT2D eigenvalue weighted by Gasteiger charge is 2.16. The third-order valence-corrected chi connectivity index (χ3v) is 4.02. The highest BCUT2D eigenvalue weighted by molar-refractivity contribution is 9.10. The molecule has 0 radical (unpaired) electrons. The van der Waals surface area contributed by atoms with E-state index in [2.05, 4.69) is 21.2 Å². The van der Waals surface area contributed by atoms with Gasteiger partial charge in [-0.2, -0.15) is 0 Å². The monoisotopic (exact) mass is 411 g/mol. The van der Waals surface area contributed by atoms with E-state index >= 15 is 0 Å². The third-order valence-electron chi connectivity index (χ3n) is 3.26. The average molecular weight is 413 g/mol. The van der Waals surface area contributed by atoms with Crippen molar-refractivity contribution >= 4 is 39.4 Å². The number of hydrogen-bond donors (Lipinski definition) is 2. The highest BCUT2D eigenvalue weighted by Crippen LogP contribution is 2.22. The Morgan fingerprint density at radius 1 is 1.25 bits per heavy atom. The van der Waals surface area contributed by atoms with Crippen molar-refractivity contribution in [3.8, 4) is 5.75 Å². The molecule has 7 heteroatoms. The standard InChI is InChI=1S/C17H15BrClNO4/c1-10(11-2-4-12(18)5-3-11)20-16(22)9-24-17(23)14-8-13(19)6-7-15(14)21/h2-8,10,21H,9H2,1H3,(H,20,22)/t10-/m0/s1. The average Bonchev–Trinajstić information content (AvgIpc) is 2.55. The second-order valence-electron chi connectivity index (χ2n) is 5.08. The number of esters is 1. The lowest BCUT2D eigenvalue weighted by molar-refractivity contribution is -0.124. The van der Waals surface area contributed by atoms with E-state index in [1.165, 1.54) is 18.2 Å². The molecule has 5 nitrogen and oxygen atoms in total. The molecule has 0 heterocycles. The maximum absolute atomic E-state index is 11.9. The molecule has 0 aromatic heterocycles. The number of carbonyl (C=O) groups excluding carboxylic acids is 2. The number of nitrogens with one attached hydrogen (secondary N) is 1. The second-order valence-corrected chi connectivity index (χ2v) is 6.43. The van der Waals surface area contributed by atoms with Crippen molar-refractivity contribution in [2.24, 2.45) is 0 Å². The first-order chi connectivity index (χ1) is 11.4. The molecule has 1 atom stereocenters. The molecule has 0 spiro atoms. The summed E-state index contributed by atoms with van der Waals surface area (Å²) in [5, 5.41) is 12.6. The number of aromatic hydroxyl groups is 1. The zero-order valence-electron chi connectivity index (χ0n) is 12.8. The van der Waals surface area contributed by atoms with Crippen LogP contribution in [0.3, 0.4) is 0 Å². The van der Waals surface area contributed by atoms with Crippen LogP contribution >= 0.6 is 27.5 Å². The second kappa shape index (κ2) is 8.17. The smallest absolute Gasteiger partial charge is 0.342 e. The summed E-state index contributed by atoms with van der Waals surface area (Å²) in [6, 6.07) is 11.3. The van der Waals surface area contributed by atoms with Crippen molar-refractivity contribution in [3.63, 3.8) is 0 Å². The molecule has 1 amide bonds. The van der Waals surface area contributed by atoms with Crippen LogP contribution in [0.25, 0.3) is 0 Å². The van der Waals surface area contributed by atoms with Crippen LogP contribution < -0.4 is 5.32 Å². The van der Waals surface area contributed by atoms with Crippen molar-refractivity contribution in [2.45, 2.75) is 13.0 Å². The summed E-state index contributed by atoms with van der Waals surface area (Å²) in [6.07, 6.45) is 0. The molecule has 0 fully saturated rings. The van der Waals surface area contributed by atoms with Crippen molar-refractivity contribution in [3.05, 3.63) is 63.1 Å². The molecule has 2 rings (SSSR count). The number of halogens is 2. The van der Waals surface area contributed by atoms with Gasteiger partial charge in [-0.25, -0.2) is 4.79 Å². The van der Waals surface area contributed by atoms with Gasteiger partial charge in [0, 0.05) is 9.50 Å². The van der Waals surface area contributed by atoms with Gasteiger partial charge in [0.2, 0.25) is 0 Å². The van der Waals surface area contributed by atoms with Crippen molar-refractivity contribution in [1.29, 1.82) is 0 Å². The van der Waals surface area contributed by atoms with E-state index in [-0.39, 0.29) is 22.4 Å². The summed E-state index contributed by atoms with van der Waals surface area (Å²) in [5.74, 6) is -1.52. The Morgan fingerprint density at radius 3 is 2.58 bits per heavy atom. The minimum atomic E-state index is -0.818. The molecule has 0 unspecified atom stereocenters. The Kier molecular flexibility index (Phi) is 6.23. The number of carbonyl (C=O) groups is 2. The number of amides is 1.